The van der Waals surface area contributed by atoms with E-state index in [1.54, 1.807) is 13.8 Å². The van der Waals surface area contributed by atoms with Gasteiger partial charge < -0.3 is 10.0 Å². The van der Waals surface area contributed by atoms with Crippen molar-refractivity contribution >= 4 is 17.2 Å². The lowest BCUT2D eigenvalue weighted by Gasteiger charge is -2.48. The van der Waals surface area contributed by atoms with Crippen LogP contribution >= 0.6 is 11.3 Å². The molecule has 0 bridgehead atoms. The highest BCUT2D eigenvalue weighted by atomic mass is 32.1. The van der Waals surface area contributed by atoms with E-state index in [4.69, 9.17) is 0 Å². The lowest BCUT2D eigenvalue weighted by molar-refractivity contribution is -0.147. The third-order valence-corrected chi connectivity index (χ3v) is 7.29. The number of hydrogen-bond acceptors (Lipinski definition) is 4. The van der Waals surface area contributed by atoms with Crippen LogP contribution in [0, 0.1) is 5.41 Å². The standard InChI is InChI=1S/C19H30N2O2S/c1-17(2,23)16(22)21-12-11-18(14-21)7-9-19(10-8-18,20(3)4)15-6-5-13-24-15/h5-6,13,23H,7-12,14H2,1-4H3. The van der Waals surface area contributed by atoms with Gasteiger partial charge in [-0.3, -0.25) is 9.69 Å². The summed E-state index contributed by atoms with van der Waals surface area (Å²) >= 11 is 1.86. The van der Waals surface area contributed by atoms with E-state index in [0.29, 0.717) is 0 Å². The van der Waals surface area contributed by atoms with Crippen LogP contribution in [0.3, 0.4) is 0 Å². The summed E-state index contributed by atoms with van der Waals surface area (Å²) in [7, 11) is 4.38. The lowest BCUT2D eigenvalue weighted by atomic mass is 9.66. The lowest BCUT2D eigenvalue weighted by Crippen LogP contribution is -2.48. The summed E-state index contributed by atoms with van der Waals surface area (Å²) in [5.41, 5.74) is -0.866. The fourth-order valence-electron chi connectivity index (χ4n) is 4.55. The van der Waals surface area contributed by atoms with Crippen LogP contribution in [0.2, 0.25) is 0 Å². The quantitative estimate of drug-likeness (QED) is 0.911. The van der Waals surface area contributed by atoms with Gasteiger partial charge >= 0.3 is 0 Å². The van der Waals surface area contributed by atoms with E-state index in [-0.39, 0.29) is 16.9 Å². The molecule has 2 fully saturated rings. The second kappa shape index (κ2) is 6.11. The van der Waals surface area contributed by atoms with E-state index >= 15 is 0 Å². The minimum atomic E-state index is -1.26. The van der Waals surface area contributed by atoms with E-state index in [9.17, 15) is 9.90 Å². The number of rotatable bonds is 3. The number of carbonyl (C=O) groups is 1. The predicted octanol–water partition coefficient (Wildman–Crippen LogP) is 3.07. The van der Waals surface area contributed by atoms with Gasteiger partial charge in [0.05, 0.1) is 5.54 Å². The molecule has 2 heterocycles. The van der Waals surface area contributed by atoms with E-state index in [0.717, 1.165) is 45.2 Å². The number of carbonyl (C=O) groups excluding carboxylic acids is 1. The van der Waals surface area contributed by atoms with Crippen LogP contribution in [-0.4, -0.2) is 53.6 Å². The van der Waals surface area contributed by atoms with Gasteiger partial charge in [0.2, 0.25) is 0 Å². The number of likely N-dealkylation sites (tertiary alicyclic amines) is 1. The number of thiophene rings is 1. The molecule has 1 aliphatic carbocycles. The highest BCUT2D eigenvalue weighted by molar-refractivity contribution is 7.10. The first kappa shape index (κ1) is 17.9. The van der Waals surface area contributed by atoms with Crippen molar-refractivity contribution in [1.82, 2.24) is 9.80 Å². The molecule has 2 aliphatic rings. The van der Waals surface area contributed by atoms with Gasteiger partial charge in [0.1, 0.15) is 5.60 Å². The molecule has 1 aromatic heterocycles. The summed E-state index contributed by atoms with van der Waals surface area (Å²) < 4.78 is 0. The maximum absolute atomic E-state index is 12.4. The Morgan fingerprint density at radius 2 is 1.92 bits per heavy atom. The zero-order valence-corrected chi connectivity index (χ0v) is 16.2. The van der Waals surface area contributed by atoms with Crippen molar-refractivity contribution in [3.63, 3.8) is 0 Å². The van der Waals surface area contributed by atoms with Crippen LogP contribution in [0.1, 0.15) is 50.8 Å². The smallest absolute Gasteiger partial charge is 0.253 e. The van der Waals surface area contributed by atoms with Gasteiger partial charge in [0.15, 0.2) is 0 Å². The fraction of sp³-hybridized carbons (Fsp3) is 0.737. The Balaban J connectivity index is 1.72. The van der Waals surface area contributed by atoms with E-state index in [1.165, 1.54) is 4.88 Å². The van der Waals surface area contributed by atoms with Crippen LogP contribution < -0.4 is 0 Å². The summed E-state index contributed by atoms with van der Waals surface area (Å²) in [6.45, 7) is 4.78. The molecule has 4 nitrogen and oxygen atoms in total. The molecule has 1 saturated heterocycles. The second-order valence-electron chi connectivity index (χ2n) is 8.44. The van der Waals surface area contributed by atoms with E-state index in [2.05, 4.69) is 36.5 Å². The molecule has 1 N–H and O–H groups in total. The zero-order valence-electron chi connectivity index (χ0n) is 15.3. The van der Waals surface area contributed by atoms with Crippen molar-refractivity contribution in [2.75, 3.05) is 27.2 Å². The molecule has 1 amide bonds. The minimum absolute atomic E-state index is 0.123. The van der Waals surface area contributed by atoms with Crippen molar-refractivity contribution in [3.05, 3.63) is 22.4 Å². The van der Waals surface area contributed by atoms with Gasteiger partial charge in [-0.15, -0.1) is 11.3 Å². The maximum atomic E-state index is 12.4. The summed E-state index contributed by atoms with van der Waals surface area (Å²) in [4.78, 5) is 18.1. The molecule has 134 valence electrons. The Morgan fingerprint density at radius 3 is 2.42 bits per heavy atom. The van der Waals surface area contributed by atoms with E-state index in [1.807, 2.05) is 16.2 Å². The monoisotopic (exact) mass is 350 g/mol. The van der Waals surface area contributed by atoms with Crippen molar-refractivity contribution in [2.45, 2.75) is 57.1 Å². The molecule has 1 spiro atoms. The minimum Gasteiger partial charge on any atom is -0.381 e. The first-order valence-corrected chi connectivity index (χ1v) is 9.80. The summed E-state index contributed by atoms with van der Waals surface area (Å²) in [6.07, 6.45) is 5.66. The molecule has 0 atom stereocenters. The third kappa shape index (κ3) is 3.02. The summed E-state index contributed by atoms with van der Waals surface area (Å²) in [5.74, 6) is -0.123. The number of aliphatic hydroxyl groups is 1. The second-order valence-corrected chi connectivity index (χ2v) is 9.39. The number of amides is 1. The molecule has 0 aromatic carbocycles. The third-order valence-electron chi connectivity index (χ3n) is 6.22. The molecule has 0 radical (unpaired) electrons. The molecule has 0 unspecified atom stereocenters. The fourth-order valence-corrected chi connectivity index (χ4v) is 5.62. The highest BCUT2D eigenvalue weighted by Crippen LogP contribution is 2.52. The molecular weight excluding hydrogens is 320 g/mol. The van der Waals surface area contributed by atoms with Gasteiger partial charge in [-0.1, -0.05) is 6.07 Å². The van der Waals surface area contributed by atoms with Gasteiger partial charge in [-0.05, 0) is 76.9 Å². The Kier molecular flexibility index (Phi) is 4.56. The van der Waals surface area contributed by atoms with Crippen molar-refractivity contribution < 1.29 is 9.90 Å². The van der Waals surface area contributed by atoms with Crippen LogP contribution in [0.5, 0.6) is 0 Å². The first-order chi connectivity index (χ1) is 11.2. The Hall–Kier alpha value is -0.910. The number of nitrogens with zero attached hydrogens (tertiary/aromatic N) is 2. The Labute approximate surface area is 149 Å². The summed E-state index contributed by atoms with van der Waals surface area (Å²) in [5, 5.41) is 12.2. The normalized spacial score (nSPS) is 31.2. The van der Waals surface area contributed by atoms with Crippen LogP contribution in [-0.2, 0) is 10.3 Å². The number of hydrogen-bond donors (Lipinski definition) is 1. The SMILES string of the molecule is CN(C)C1(c2cccs2)CCC2(CCN(C(=O)C(C)(C)O)C2)CC1. The maximum Gasteiger partial charge on any atom is 0.253 e. The Bertz CT molecular complexity index is 581. The summed E-state index contributed by atoms with van der Waals surface area (Å²) in [6, 6.07) is 4.41. The topological polar surface area (TPSA) is 43.8 Å². The average molecular weight is 351 g/mol. The van der Waals surface area contributed by atoms with Crippen LogP contribution in [0.4, 0.5) is 0 Å². The largest absolute Gasteiger partial charge is 0.381 e. The molecule has 1 aliphatic heterocycles. The van der Waals surface area contributed by atoms with Gasteiger partial charge in [-0.25, -0.2) is 0 Å². The molecular formula is C19H30N2O2S. The Morgan fingerprint density at radius 1 is 1.25 bits per heavy atom. The van der Waals surface area contributed by atoms with Crippen molar-refractivity contribution in [3.8, 4) is 0 Å². The first-order valence-electron chi connectivity index (χ1n) is 8.92. The van der Waals surface area contributed by atoms with Crippen LogP contribution in [0.25, 0.3) is 0 Å². The van der Waals surface area contributed by atoms with Gasteiger partial charge in [-0.2, -0.15) is 0 Å². The van der Waals surface area contributed by atoms with Crippen molar-refractivity contribution in [1.29, 1.82) is 0 Å². The van der Waals surface area contributed by atoms with Gasteiger partial charge in [0, 0.05) is 18.0 Å². The van der Waals surface area contributed by atoms with Gasteiger partial charge in [0.25, 0.3) is 5.91 Å². The molecule has 3 rings (SSSR count). The predicted molar refractivity (Wildman–Crippen MR) is 98.1 cm³/mol. The van der Waals surface area contributed by atoms with Crippen LogP contribution in [0.15, 0.2) is 17.5 Å². The molecule has 5 heteroatoms. The average Bonchev–Trinajstić information content (AvgIpc) is 3.17. The highest BCUT2D eigenvalue weighted by Gasteiger charge is 2.49. The van der Waals surface area contributed by atoms with Crippen molar-refractivity contribution in [2.24, 2.45) is 5.41 Å². The zero-order chi connectivity index (χ0) is 17.6. The molecule has 24 heavy (non-hydrogen) atoms. The molecule has 1 saturated carbocycles. The molecule has 1 aromatic rings. The van der Waals surface area contributed by atoms with E-state index < -0.39 is 5.60 Å².